The van der Waals surface area contributed by atoms with Crippen molar-refractivity contribution in [3.8, 4) is 17.2 Å². The quantitative estimate of drug-likeness (QED) is 0.444. The second-order valence-electron chi connectivity index (χ2n) is 7.38. The topological polar surface area (TPSA) is 99.6 Å². The van der Waals surface area contributed by atoms with E-state index in [2.05, 4.69) is 14.7 Å². The van der Waals surface area contributed by atoms with Crippen molar-refractivity contribution in [1.29, 1.82) is 0 Å². The number of pyridine rings is 2. The summed E-state index contributed by atoms with van der Waals surface area (Å²) >= 11 is 1.42. The molecule has 0 unspecified atom stereocenters. The Morgan fingerprint density at radius 3 is 2.76 bits per heavy atom. The molecule has 5 rings (SSSR count). The number of methoxy groups -OCH3 is 1. The van der Waals surface area contributed by atoms with Crippen LogP contribution in [0.2, 0.25) is 0 Å². The molecule has 0 saturated carbocycles. The minimum absolute atomic E-state index is 0.0870. The Morgan fingerprint density at radius 2 is 1.94 bits per heavy atom. The monoisotopic (exact) mass is 483 g/mol. The van der Waals surface area contributed by atoms with Crippen molar-refractivity contribution >= 4 is 31.6 Å². The van der Waals surface area contributed by atoms with Crippen molar-refractivity contribution in [2.45, 2.75) is 17.4 Å². The van der Waals surface area contributed by atoms with E-state index in [1.807, 2.05) is 18.2 Å². The number of rotatable bonds is 6. The highest BCUT2D eigenvalue weighted by atomic mass is 32.2. The lowest BCUT2D eigenvalue weighted by Gasteiger charge is -2.20. The lowest BCUT2D eigenvalue weighted by Crippen LogP contribution is -2.29. The largest absolute Gasteiger partial charge is 0.495 e. The van der Waals surface area contributed by atoms with Crippen LogP contribution in [0.15, 0.2) is 66.0 Å². The zero-order chi connectivity index (χ0) is 22.8. The van der Waals surface area contributed by atoms with Crippen LogP contribution in [0, 0.1) is 0 Å². The maximum absolute atomic E-state index is 13.5. The lowest BCUT2D eigenvalue weighted by molar-refractivity contribution is 0.297. The van der Waals surface area contributed by atoms with E-state index >= 15 is 0 Å². The van der Waals surface area contributed by atoms with E-state index in [0.29, 0.717) is 36.0 Å². The van der Waals surface area contributed by atoms with Crippen LogP contribution < -0.4 is 18.9 Å². The van der Waals surface area contributed by atoms with E-state index in [0.717, 1.165) is 21.5 Å². The Labute approximate surface area is 195 Å². The van der Waals surface area contributed by atoms with Gasteiger partial charge in [0.2, 0.25) is 10.0 Å². The number of hydrogen-bond acceptors (Lipinski definition) is 8. The molecule has 4 heterocycles. The average molecular weight is 484 g/mol. The molecule has 1 aliphatic rings. The molecule has 1 atom stereocenters. The Balaban J connectivity index is 1.57. The number of fused-ring (bicyclic) bond motifs is 2. The van der Waals surface area contributed by atoms with Crippen LogP contribution in [0.25, 0.3) is 10.2 Å². The van der Waals surface area contributed by atoms with Crippen LogP contribution in [0.4, 0.5) is 0 Å². The molecule has 0 amide bonds. The van der Waals surface area contributed by atoms with Gasteiger partial charge in [-0.2, -0.15) is 4.72 Å². The molecule has 170 valence electrons. The smallest absolute Gasteiger partial charge is 0.241 e. The molecule has 0 bridgehead atoms. The van der Waals surface area contributed by atoms with Crippen molar-refractivity contribution < 1.29 is 22.6 Å². The highest BCUT2D eigenvalue weighted by molar-refractivity contribution is 7.89. The molecule has 0 spiro atoms. The van der Waals surface area contributed by atoms with Gasteiger partial charge in [-0.25, -0.2) is 13.4 Å². The molecule has 1 aliphatic heterocycles. The Hall–Kier alpha value is -3.21. The van der Waals surface area contributed by atoms with E-state index in [9.17, 15) is 8.42 Å². The number of thiophene rings is 1. The normalized spacial score (nSPS) is 14.6. The minimum atomic E-state index is -3.94. The van der Waals surface area contributed by atoms with Crippen LogP contribution in [0.1, 0.15) is 22.9 Å². The molecule has 0 fully saturated rings. The maximum atomic E-state index is 13.5. The first-order valence-corrected chi connectivity index (χ1v) is 12.6. The summed E-state index contributed by atoms with van der Waals surface area (Å²) in [5.41, 5.74) is 0.650. The van der Waals surface area contributed by atoms with Gasteiger partial charge in [-0.3, -0.25) is 4.98 Å². The number of nitrogens with one attached hydrogen (secondary N) is 1. The zero-order valence-electron chi connectivity index (χ0n) is 17.7. The van der Waals surface area contributed by atoms with E-state index in [4.69, 9.17) is 14.2 Å². The van der Waals surface area contributed by atoms with Gasteiger partial charge in [0.25, 0.3) is 0 Å². The summed E-state index contributed by atoms with van der Waals surface area (Å²) in [6.07, 6.45) is 5.62. The Kier molecular flexibility index (Phi) is 5.88. The average Bonchev–Trinajstić information content (AvgIpc) is 3.12. The van der Waals surface area contributed by atoms with E-state index in [-0.39, 0.29) is 4.90 Å². The predicted molar refractivity (Wildman–Crippen MR) is 125 cm³/mol. The van der Waals surface area contributed by atoms with Crippen LogP contribution in [0.3, 0.4) is 0 Å². The van der Waals surface area contributed by atoms with Gasteiger partial charge in [-0.1, -0.05) is 6.07 Å². The summed E-state index contributed by atoms with van der Waals surface area (Å²) in [4.78, 5) is 10.2. The van der Waals surface area contributed by atoms with Gasteiger partial charge in [0.05, 0.1) is 37.5 Å². The molecule has 1 N–H and O–H groups in total. The number of benzene rings is 1. The molecule has 0 radical (unpaired) electrons. The minimum Gasteiger partial charge on any atom is -0.495 e. The van der Waals surface area contributed by atoms with E-state index in [1.165, 1.54) is 30.6 Å². The molecule has 10 heteroatoms. The molecule has 3 aromatic heterocycles. The number of ether oxygens (including phenoxy) is 3. The maximum Gasteiger partial charge on any atom is 0.241 e. The first kappa shape index (κ1) is 21.6. The molecule has 1 aromatic carbocycles. The summed E-state index contributed by atoms with van der Waals surface area (Å²) in [6, 6.07) is 11.4. The van der Waals surface area contributed by atoms with E-state index < -0.39 is 16.1 Å². The molecule has 33 heavy (non-hydrogen) atoms. The number of nitrogens with zero attached hydrogens (tertiary/aromatic N) is 2. The first-order valence-electron chi connectivity index (χ1n) is 10.3. The SMILES string of the molecule is COc1cnccc1[C@@H](NS(=O)(=O)c1ccc2c(c1)OCCCO2)c1cc2cccnc2s1. The van der Waals surface area contributed by atoms with Crippen LogP contribution >= 0.6 is 11.3 Å². The summed E-state index contributed by atoms with van der Waals surface area (Å²) in [7, 11) is -2.41. The first-order chi connectivity index (χ1) is 16.0. The fourth-order valence-electron chi connectivity index (χ4n) is 3.64. The van der Waals surface area contributed by atoms with Crippen molar-refractivity contribution in [2.75, 3.05) is 20.3 Å². The van der Waals surface area contributed by atoms with Gasteiger partial charge in [-0.05, 0) is 30.3 Å². The van der Waals surface area contributed by atoms with Crippen molar-refractivity contribution in [3.05, 3.63) is 71.5 Å². The summed E-state index contributed by atoms with van der Waals surface area (Å²) in [5.74, 6) is 1.43. The third-order valence-electron chi connectivity index (χ3n) is 5.25. The predicted octanol–water partition coefficient (Wildman–Crippen LogP) is 3.93. The van der Waals surface area contributed by atoms with Crippen LogP contribution in [0.5, 0.6) is 17.2 Å². The highest BCUT2D eigenvalue weighted by Crippen LogP contribution is 2.37. The summed E-state index contributed by atoms with van der Waals surface area (Å²) in [6.45, 7) is 0.997. The summed E-state index contributed by atoms with van der Waals surface area (Å²) < 4.78 is 46.7. The standard InChI is InChI=1S/C23H21N3O5S2/c1-29-20-14-24-9-7-17(20)22(21-12-15-4-2-8-25-23(15)32-21)26-33(27,28)16-5-6-18-19(13-16)31-11-3-10-30-18/h2,4-9,12-14,22,26H,3,10-11H2,1H3/t22-/m1/s1. The Bertz CT molecular complexity index is 1370. The van der Waals surface area contributed by atoms with Crippen molar-refractivity contribution in [3.63, 3.8) is 0 Å². The molecule has 0 saturated heterocycles. The van der Waals surface area contributed by atoms with Crippen LogP contribution in [-0.4, -0.2) is 38.7 Å². The number of sulfonamides is 1. The second kappa shape index (κ2) is 8.97. The lowest BCUT2D eigenvalue weighted by atomic mass is 10.1. The molecule has 8 nitrogen and oxygen atoms in total. The molecular weight excluding hydrogens is 462 g/mol. The van der Waals surface area contributed by atoms with Gasteiger partial charge in [0, 0.05) is 40.7 Å². The summed E-state index contributed by atoms with van der Waals surface area (Å²) in [5, 5.41) is 0.935. The van der Waals surface area contributed by atoms with Gasteiger partial charge in [-0.15, -0.1) is 11.3 Å². The zero-order valence-corrected chi connectivity index (χ0v) is 19.4. The molecule has 4 aromatic rings. The van der Waals surface area contributed by atoms with Crippen molar-refractivity contribution in [2.24, 2.45) is 0 Å². The number of hydrogen-bond donors (Lipinski definition) is 1. The van der Waals surface area contributed by atoms with Gasteiger partial charge in [0.1, 0.15) is 10.6 Å². The Morgan fingerprint density at radius 1 is 1.09 bits per heavy atom. The molecular formula is C23H21N3O5S2. The van der Waals surface area contributed by atoms with Gasteiger partial charge >= 0.3 is 0 Å². The highest BCUT2D eigenvalue weighted by Gasteiger charge is 2.28. The van der Waals surface area contributed by atoms with E-state index in [1.54, 1.807) is 30.7 Å². The molecule has 0 aliphatic carbocycles. The second-order valence-corrected chi connectivity index (χ2v) is 10.2. The van der Waals surface area contributed by atoms with Gasteiger partial charge < -0.3 is 14.2 Å². The number of aromatic nitrogens is 2. The third-order valence-corrected chi connectivity index (χ3v) is 7.79. The van der Waals surface area contributed by atoms with Gasteiger partial charge in [0.15, 0.2) is 11.5 Å². The third kappa shape index (κ3) is 4.37. The van der Waals surface area contributed by atoms with Crippen LogP contribution in [-0.2, 0) is 10.0 Å². The van der Waals surface area contributed by atoms with Crippen molar-refractivity contribution in [1.82, 2.24) is 14.7 Å². The fraction of sp³-hybridized carbons (Fsp3) is 0.217. The fourth-order valence-corrected chi connectivity index (χ4v) is 6.00.